The van der Waals surface area contributed by atoms with Gasteiger partial charge in [0, 0.05) is 17.4 Å². The highest BCUT2D eigenvalue weighted by Crippen LogP contribution is 2.56. The van der Waals surface area contributed by atoms with Crippen LogP contribution in [0, 0.1) is 11.3 Å². The highest BCUT2D eigenvalue weighted by Gasteiger charge is 2.54. The van der Waals surface area contributed by atoms with Crippen LogP contribution in [-0.4, -0.2) is 25.8 Å². The zero-order valence-corrected chi connectivity index (χ0v) is 12.5. The van der Waals surface area contributed by atoms with Crippen molar-refractivity contribution in [1.29, 1.82) is 0 Å². The van der Waals surface area contributed by atoms with E-state index in [0.29, 0.717) is 18.9 Å². The smallest absolute Gasteiger partial charge is 0.334 e. The third-order valence-corrected chi connectivity index (χ3v) is 5.60. The highest BCUT2D eigenvalue weighted by atomic mass is 16.5. The van der Waals surface area contributed by atoms with Crippen LogP contribution in [0.4, 0.5) is 0 Å². The van der Waals surface area contributed by atoms with Gasteiger partial charge in [-0.15, -0.1) is 0 Å². The van der Waals surface area contributed by atoms with Crippen molar-refractivity contribution in [2.45, 2.75) is 51.6 Å². The average Bonchev–Trinajstić information content (AvgIpc) is 2.94. The Balaban J connectivity index is 1.93. The Hall–Kier alpha value is -1.09. The van der Waals surface area contributed by atoms with Crippen molar-refractivity contribution in [2.75, 3.05) is 13.7 Å². The average molecular weight is 276 g/mol. The van der Waals surface area contributed by atoms with Crippen LogP contribution in [0.15, 0.2) is 23.3 Å². The molecule has 0 aromatic carbocycles. The zero-order chi connectivity index (χ0) is 14.3. The minimum absolute atomic E-state index is 0.147. The number of carbonyl (C=O) groups is 1. The first kappa shape index (κ1) is 13.9. The number of esters is 1. The molecule has 2 atom stereocenters. The van der Waals surface area contributed by atoms with Gasteiger partial charge in [0.05, 0.1) is 19.8 Å². The number of carbonyl (C=O) groups excluding carboxylic acids is 1. The van der Waals surface area contributed by atoms with E-state index in [2.05, 4.69) is 13.5 Å². The van der Waals surface area contributed by atoms with Crippen LogP contribution in [-0.2, 0) is 14.3 Å². The molecule has 0 unspecified atom stereocenters. The SMILES string of the molecule is C=C1CC(C(=O)OC)=C2CO[C@@H](C3CCCCC3)[C@]12C. The Labute approximate surface area is 121 Å². The van der Waals surface area contributed by atoms with Crippen molar-refractivity contribution in [3.63, 3.8) is 0 Å². The summed E-state index contributed by atoms with van der Waals surface area (Å²) in [7, 11) is 1.45. The van der Waals surface area contributed by atoms with Gasteiger partial charge >= 0.3 is 5.97 Å². The van der Waals surface area contributed by atoms with Crippen LogP contribution < -0.4 is 0 Å². The second kappa shape index (κ2) is 5.03. The van der Waals surface area contributed by atoms with E-state index in [1.165, 1.54) is 39.2 Å². The van der Waals surface area contributed by atoms with E-state index < -0.39 is 0 Å². The summed E-state index contributed by atoms with van der Waals surface area (Å²) in [6.45, 7) is 7.04. The largest absolute Gasteiger partial charge is 0.466 e. The number of ether oxygens (including phenoxy) is 2. The van der Waals surface area contributed by atoms with Gasteiger partial charge < -0.3 is 9.47 Å². The molecule has 0 radical (unpaired) electrons. The van der Waals surface area contributed by atoms with Gasteiger partial charge in [0.1, 0.15) is 0 Å². The Morgan fingerprint density at radius 2 is 2.05 bits per heavy atom. The first-order chi connectivity index (χ1) is 9.59. The van der Waals surface area contributed by atoms with E-state index in [1.807, 2.05) is 0 Å². The summed E-state index contributed by atoms with van der Waals surface area (Å²) in [5.41, 5.74) is 2.90. The number of fused-ring (bicyclic) bond motifs is 1. The molecule has 3 heteroatoms. The monoisotopic (exact) mass is 276 g/mol. The predicted molar refractivity (Wildman–Crippen MR) is 77.2 cm³/mol. The van der Waals surface area contributed by atoms with Crippen molar-refractivity contribution in [3.8, 4) is 0 Å². The van der Waals surface area contributed by atoms with Gasteiger partial charge in [0.15, 0.2) is 0 Å². The minimum Gasteiger partial charge on any atom is -0.466 e. The predicted octanol–water partition coefficient (Wildman–Crippen LogP) is 3.40. The molecule has 3 nitrogen and oxygen atoms in total. The highest BCUT2D eigenvalue weighted by molar-refractivity contribution is 5.92. The summed E-state index contributed by atoms with van der Waals surface area (Å²) in [6, 6.07) is 0. The Kier molecular flexibility index (Phi) is 3.49. The van der Waals surface area contributed by atoms with Crippen LogP contribution >= 0.6 is 0 Å². The van der Waals surface area contributed by atoms with Crippen LogP contribution in [0.2, 0.25) is 0 Å². The number of rotatable bonds is 2. The molecule has 3 aliphatic rings. The van der Waals surface area contributed by atoms with Gasteiger partial charge in [-0.05, 0) is 31.3 Å². The fourth-order valence-electron chi connectivity index (χ4n) is 4.34. The summed E-state index contributed by atoms with van der Waals surface area (Å²) < 4.78 is 11.1. The van der Waals surface area contributed by atoms with Crippen LogP contribution in [0.25, 0.3) is 0 Å². The van der Waals surface area contributed by atoms with Crippen molar-refractivity contribution < 1.29 is 14.3 Å². The molecule has 20 heavy (non-hydrogen) atoms. The van der Waals surface area contributed by atoms with Crippen molar-refractivity contribution in [3.05, 3.63) is 23.3 Å². The van der Waals surface area contributed by atoms with Crippen LogP contribution in [0.3, 0.4) is 0 Å². The van der Waals surface area contributed by atoms with E-state index in [0.717, 1.165) is 16.7 Å². The standard InChI is InChI=1S/C17H24O3/c1-11-9-13(16(18)19-3)14-10-20-15(17(11,14)2)12-7-5-4-6-8-12/h12,15H,1,4-10H2,2-3H3/t15-,17+/m0/s1. The first-order valence-corrected chi connectivity index (χ1v) is 7.69. The quantitative estimate of drug-likeness (QED) is 0.573. The lowest BCUT2D eigenvalue weighted by atomic mass is 9.69. The Morgan fingerprint density at radius 1 is 1.35 bits per heavy atom. The summed E-state index contributed by atoms with van der Waals surface area (Å²) in [5, 5.41) is 0. The normalized spacial score (nSPS) is 34.5. The topological polar surface area (TPSA) is 35.5 Å². The van der Waals surface area contributed by atoms with E-state index >= 15 is 0 Å². The van der Waals surface area contributed by atoms with Gasteiger partial charge in [0.25, 0.3) is 0 Å². The third-order valence-electron chi connectivity index (χ3n) is 5.60. The molecule has 1 saturated heterocycles. The maximum Gasteiger partial charge on any atom is 0.334 e. The molecule has 1 heterocycles. The zero-order valence-electron chi connectivity index (χ0n) is 12.5. The summed E-state index contributed by atoms with van der Waals surface area (Å²) >= 11 is 0. The molecule has 2 aliphatic carbocycles. The van der Waals surface area contributed by atoms with Crippen LogP contribution in [0.1, 0.15) is 45.4 Å². The number of hydrogen-bond donors (Lipinski definition) is 0. The van der Waals surface area contributed by atoms with Gasteiger partial charge in [-0.1, -0.05) is 31.4 Å². The lowest BCUT2D eigenvalue weighted by Gasteiger charge is -2.37. The van der Waals surface area contributed by atoms with Gasteiger partial charge in [0.2, 0.25) is 0 Å². The van der Waals surface area contributed by atoms with Crippen molar-refractivity contribution in [2.24, 2.45) is 11.3 Å². The van der Waals surface area contributed by atoms with Gasteiger partial charge in [-0.2, -0.15) is 0 Å². The third kappa shape index (κ3) is 1.86. The molecule has 0 aromatic heterocycles. The van der Waals surface area contributed by atoms with Gasteiger partial charge in [-0.25, -0.2) is 4.79 Å². The van der Waals surface area contributed by atoms with E-state index in [1.54, 1.807) is 0 Å². The molecule has 0 N–H and O–H groups in total. The molecule has 1 aliphatic heterocycles. The fraction of sp³-hybridized carbons (Fsp3) is 0.706. The molecule has 0 spiro atoms. The maximum absolute atomic E-state index is 12.0. The fourth-order valence-corrected chi connectivity index (χ4v) is 4.34. The molecular weight excluding hydrogens is 252 g/mol. The molecule has 0 amide bonds. The second-order valence-electron chi connectivity index (χ2n) is 6.56. The maximum atomic E-state index is 12.0. The molecule has 0 aromatic rings. The number of hydrogen-bond acceptors (Lipinski definition) is 3. The lowest BCUT2D eigenvalue weighted by Crippen LogP contribution is -2.36. The minimum atomic E-state index is -0.210. The lowest BCUT2D eigenvalue weighted by molar-refractivity contribution is -0.136. The van der Waals surface area contributed by atoms with E-state index in [9.17, 15) is 4.79 Å². The molecule has 0 bridgehead atoms. The van der Waals surface area contributed by atoms with Crippen molar-refractivity contribution in [1.82, 2.24) is 0 Å². The number of methoxy groups -OCH3 is 1. The summed E-state index contributed by atoms with van der Waals surface area (Å²) in [6.07, 6.45) is 7.30. The summed E-state index contributed by atoms with van der Waals surface area (Å²) in [5.74, 6) is 0.401. The van der Waals surface area contributed by atoms with Crippen LogP contribution in [0.5, 0.6) is 0 Å². The van der Waals surface area contributed by atoms with E-state index in [-0.39, 0.29) is 17.5 Å². The first-order valence-electron chi connectivity index (χ1n) is 7.69. The van der Waals surface area contributed by atoms with E-state index in [4.69, 9.17) is 9.47 Å². The molecule has 110 valence electrons. The molecule has 2 fully saturated rings. The molecular formula is C17H24O3. The van der Waals surface area contributed by atoms with Gasteiger partial charge in [-0.3, -0.25) is 0 Å². The summed E-state index contributed by atoms with van der Waals surface area (Å²) in [4.78, 5) is 12.0. The Morgan fingerprint density at radius 3 is 2.70 bits per heavy atom. The van der Waals surface area contributed by atoms with Crippen molar-refractivity contribution >= 4 is 5.97 Å². The molecule has 3 rings (SSSR count). The second-order valence-corrected chi connectivity index (χ2v) is 6.56. The molecule has 1 saturated carbocycles. The Bertz CT molecular complexity index is 471.